The van der Waals surface area contributed by atoms with Crippen molar-refractivity contribution in [2.45, 2.75) is 51.6 Å². The van der Waals surface area contributed by atoms with Crippen molar-refractivity contribution in [2.24, 2.45) is 0 Å². The van der Waals surface area contributed by atoms with Gasteiger partial charge in [0.1, 0.15) is 11.1 Å². The predicted molar refractivity (Wildman–Crippen MR) is 268 cm³/mol. The molecular weight excluding hydrogens is 781 g/mol. The molecule has 0 aliphatic rings. The van der Waals surface area contributed by atoms with E-state index < -0.39 is 5.54 Å². The zero-order chi connectivity index (χ0) is 43.2. The third-order valence-corrected chi connectivity index (χ3v) is 14.0. The number of rotatable bonds is 8. The summed E-state index contributed by atoms with van der Waals surface area (Å²) in [7, 11) is 0. The summed E-state index contributed by atoms with van der Waals surface area (Å²) in [6, 6.07) is 59.8. The second-order valence-corrected chi connectivity index (χ2v) is 17.3. The van der Waals surface area contributed by atoms with Crippen molar-refractivity contribution in [1.82, 2.24) is 18.7 Å². The number of hydrogen-bond donors (Lipinski definition) is 0. The van der Waals surface area contributed by atoms with Crippen LogP contribution in [0.1, 0.15) is 51.7 Å². The van der Waals surface area contributed by atoms with Gasteiger partial charge >= 0.3 is 0 Å². The van der Waals surface area contributed by atoms with Gasteiger partial charge in [-0.1, -0.05) is 128 Å². The van der Waals surface area contributed by atoms with Crippen LogP contribution in [-0.4, -0.2) is 18.7 Å². The molecule has 0 saturated heterocycles. The Morgan fingerprint density at radius 2 is 1.08 bits per heavy atom. The van der Waals surface area contributed by atoms with Gasteiger partial charge in [-0.05, 0) is 105 Å². The molecule has 0 saturated carbocycles. The first kappa shape index (κ1) is 37.9. The number of fused-ring (bicyclic) bond motifs is 12. The number of para-hydroxylation sites is 5. The van der Waals surface area contributed by atoms with E-state index in [9.17, 15) is 0 Å². The topological polar surface area (TPSA) is 40.8 Å². The van der Waals surface area contributed by atoms with Gasteiger partial charge in [-0.25, -0.2) is 4.98 Å². The van der Waals surface area contributed by atoms with Crippen molar-refractivity contribution in [1.29, 1.82) is 0 Å². The standard InChI is InChI=1S/C59H46N4O/c1-5-8-34-58(4,62-52-25-15-10-19-42(52)43-20-11-16-26-53(43)62)39-29-32-55-48(35-39)45-22-12-17-27-54(45)63(55)59(7-3,33-6-2)40-30-31-51-47(36-40)44-21-9-14-24-50(44)61(51)41-37-49-46-23-13-18-28-56(46)64-57(49)60-38-41/h5,8-32,35-38H,7,34H2,1-4H3/b8-5-/t58-,59?/m0/s1. The molecule has 0 aliphatic heterocycles. The lowest BCUT2D eigenvalue weighted by Crippen LogP contribution is -2.33. The van der Waals surface area contributed by atoms with Crippen LogP contribution in [0.2, 0.25) is 0 Å². The number of hydrogen-bond acceptors (Lipinski definition) is 2. The number of nitrogens with zero attached hydrogens (tertiary/aromatic N) is 4. The maximum atomic E-state index is 6.13. The summed E-state index contributed by atoms with van der Waals surface area (Å²) in [5.41, 5.74) is 10.9. The Bertz CT molecular complexity index is 3880. The maximum absolute atomic E-state index is 6.13. The third-order valence-electron chi connectivity index (χ3n) is 14.0. The van der Waals surface area contributed by atoms with Gasteiger partial charge in [-0.3, -0.25) is 0 Å². The molecule has 5 nitrogen and oxygen atoms in total. The van der Waals surface area contributed by atoms with Crippen LogP contribution < -0.4 is 0 Å². The molecule has 5 heteroatoms. The van der Waals surface area contributed by atoms with E-state index in [-0.39, 0.29) is 5.54 Å². The summed E-state index contributed by atoms with van der Waals surface area (Å²) in [4.78, 5) is 4.84. The fourth-order valence-electron chi connectivity index (χ4n) is 11.0. The van der Waals surface area contributed by atoms with E-state index in [2.05, 4.69) is 210 Å². The van der Waals surface area contributed by atoms with Crippen LogP contribution in [0, 0.1) is 11.8 Å². The van der Waals surface area contributed by atoms with Crippen molar-refractivity contribution in [3.05, 3.63) is 193 Å². The molecule has 12 rings (SSSR count). The van der Waals surface area contributed by atoms with Crippen LogP contribution in [-0.2, 0) is 11.1 Å². The first-order chi connectivity index (χ1) is 31.5. The van der Waals surface area contributed by atoms with Gasteiger partial charge in [0.2, 0.25) is 5.71 Å². The van der Waals surface area contributed by atoms with E-state index in [1.165, 1.54) is 59.9 Å². The Morgan fingerprint density at radius 1 is 0.562 bits per heavy atom. The quantitative estimate of drug-likeness (QED) is 0.113. The second-order valence-electron chi connectivity index (χ2n) is 17.3. The molecule has 0 radical (unpaired) electrons. The second kappa shape index (κ2) is 14.4. The van der Waals surface area contributed by atoms with E-state index in [1.54, 1.807) is 0 Å². The lowest BCUT2D eigenvalue weighted by molar-refractivity contribution is 0.423. The molecule has 0 amide bonds. The van der Waals surface area contributed by atoms with Crippen LogP contribution in [0.15, 0.2) is 187 Å². The summed E-state index contributed by atoms with van der Waals surface area (Å²) >= 11 is 0. The lowest BCUT2D eigenvalue weighted by Gasteiger charge is -2.34. The van der Waals surface area contributed by atoms with Gasteiger partial charge in [0, 0.05) is 48.7 Å². The van der Waals surface area contributed by atoms with Gasteiger partial charge < -0.3 is 18.1 Å². The van der Waals surface area contributed by atoms with E-state index in [0.29, 0.717) is 5.71 Å². The highest BCUT2D eigenvalue weighted by Gasteiger charge is 2.36. The minimum atomic E-state index is -0.674. The molecule has 5 aromatic heterocycles. The van der Waals surface area contributed by atoms with Crippen molar-refractivity contribution in [2.75, 3.05) is 0 Å². The van der Waals surface area contributed by atoms with Crippen LogP contribution in [0.3, 0.4) is 0 Å². The fraction of sp³-hybridized carbons (Fsp3) is 0.136. The van der Waals surface area contributed by atoms with Gasteiger partial charge in [0.25, 0.3) is 0 Å². The maximum Gasteiger partial charge on any atom is 0.227 e. The van der Waals surface area contributed by atoms with Crippen molar-refractivity contribution in [3.63, 3.8) is 0 Å². The molecular formula is C59H46N4O. The molecule has 2 atom stereocenters. The molecule has 1 unspecified atom stereocenters. The van der Waals surface area contributed by atoms with Crippen LogP contribution in [0.5, 0.6) is 0 Å². The van der Waals surface area contributed by atoms with Crippen molar-refractivity contribution < 1.29 is 4.42 Å². The summed E-state index contributed by atoms with van der Waals surface area (Å²) in [5.74, 6) is 7.27. The molecule has 0 fully saturated rings. The average molecular weight is 827 g/mol. The molecule has 0 spiro atoms. The molecule has 0 aliphatic carbocycles. The number of benzene rings is 7. The molecule has 64 heavy (non-hydrogen) atoms. The summed E-state index contributed by atoms with van der Waals surface area (Å²) in [6.45, 7) is 8.78. The summed E-state index contributed by atoms with van der Waals surface area (Å²) < 4.78 is 13.6. The largest absolute Gasteiger partial charge is 0.438 e. The Hall–Kier alpha value is -7.81. The van der Waals surface area contributed by atoms with Crippen molar-refractivity contribution >= 4 is 87.5 Å². The van der Waals surface area contributed by atoms with Crippen LogP contribution >= 0.6 is 0 Å². The van der Waals surface area contributed by atoms with Gasteiger partial charge in [0.15, 0.2) is 0 Å². The highest BCUT2D eigenvalue weighted by molar-refractivity contribution is 6.12. The number of aromatic nitrogens is 4. The molecule has 12 aromatic rings. The smallest absolute Gasteiger partial charge is 0.227 e. The number of allylic oxidation sites excluding steroid dienone is 2. The van der Waals surface area contributed by atoms with E-state index >= 15 is 0 Å². The summed E-state index contributed by atoms with van der Waals surface area (Å²) in [5, 5.41) is 9.43. The molecule has 0 bridgehead atoms. The molecule has 7 aromatic carbocycles. The van der Waals surface area contributed by atoms with Gasteiger partial charge in [0.05, 0.1) is 44.9 Å². The fourth-order valence-corrected chi connectivity index (χ4v) is 11.0. The van der Waals surface area contributed by atoms with E-state index in [1.807, 2.05) is 25.3 Å². The Morgan fingerprint density at radius 3 is 1.75 bits per heavy atom. The summed E-state index contributed by atoms with van der Waals surface area (Å²) in [6.07, 6.45) is 8.03. The monoisotopic (exact) mass is 826 g/mol. The van der Waals surface area contributed by atoms with Gasteiger partial charge in [-0.15, -0.1) is 5.92 Å². The number of pyridine rings is 1. The predicted octanol–water partition coefficient (Wildman–Crippen LogP) is 15.2. The van der Waals surface area contributed by atoms with Crippen LogP contribution in [0.25, 0.3) is 93.2 Å². The van der Waals surface area contributed by atoms with E-state index in [0.717, 1.165) is 51.5 Å². The normalized spacial score (nSPS) is 14.1. The molecule has 0 N–H and O–H groups in total. The minimum absolute atomic E-state index is 0.387. The number of furan rings is 1. The minimum Gasteiger partial charge on any atom is -0.438 e. The Balaban J connectivity index is 1.08. The third kappa shape index (κ3) is 5.29. The zero-order valence-corrected chi connectivity index (χ0v) is 36.4. The highest BCUT2D eigenvalue weighted by atomic mass is 16.3. The molecule has 5 heterocycles. The van der Waals surface area contributed by atoms with Gasteiger partial charge in [-0.2, -0.15) is 0 Å². The lowest BCUT2D eigenvalue weighted by atomic mass is 9.85. The average Bonchev–Trinajstić information content (AvgIpc) is 4.09. The Labute approximate surface area is 371 Å². The van der Waals surface area contributed by atoms with E-state index in [4.69, 9.17) is 9.40 Å². The van der Waals surface area contributed by atoms with Crippen molar-refractivity contribution in [3.8, 4) is 17.5 Å². The first-order valence-electron chi connectivity index (χ1n) is 22.4. The highest BCUT2D eigenvalue weighted by Crippen LogP contribution is 2.45. The Kier molecular flexibility index (Phi) is 8.51. The van der Waals surface area contributed by atoms with Crippen LogP contribution in [0.4, 0.5) is 0 Å². The zero-order valence-electron chi connectivity index (χ0n) is 36.4. The molecule has 308 valence electrons. The first-order valence-corrected chi connectivity index (χ1v) is 22.4. The SMILES string of the molecule is CC#CC(CC)(c1ccc2c(c1)c1ccccc1n2-c1cnc2oc3ccccc3c2c1)n1c2ccccc2c2cc([C@](C)(C/C=C\C)n3c4ccccc4c4ccccc43)ccc21.